The Labute approximate surface area is 114 Å². The van der Waals surface area contributed by atoms with Crippen LogP contribution in [0.3, 0.4) is 0 Å². The van der Waals surface area contributed by atoms with Gasteiger partial charge in [0.25, 0.3) is 0 Å². The summed E-state index contributed by atoms with van der Waals surface area (Å²) in [5.41, 5.74) is 7.36. The third-order valence-electron chi connectivity index (χ3n) is 2.97. The molecule has 1 saturated carbocycles. The van der Waals surface area contributed by atoms with Crippen LogP contribution in [0.1, 0.15) is 18.4 Å². The fourth-order valence-electron chi connectivity index (χ4n) is 1.89. The van der Waals surface area contributed by atoms with E-state index in [0.717, 1.165) is 24.1 Å². The highest BCUT2D eigenvalue weighted by molar-refractivity contribution is 5.85. The van der Waals surface area contributed by atoms with Gasteiger partial charge < -0.3 is 10.6 Å². The summed E-state index contributed by atoms with van der Waals surface area (Å²) in [4.78, 5) is 14.0. The number of benzene rings is 1. The molecular weight excluding hydrogens is 248 g/mol. The number of amides is 1. The number of carbonyl (C=O) groups excluding carboxylic acids is 1. The first kappa shape index (κ1) is 14.6. The van der Waals surface area contributed by atoms with Gasteiger partial charge in [0.05, 0.1) is 6.42 Å². The van der Waals surface area contributed by atoms with E-state index in [-0.39, 0.29) is 18.3 Å². The van der Waals surface area contributed by atoms with E-state index in [1.54, 1.807) is 6.08 Å². The fraction of sp³-hybridized carbons (Fsp3) is 0.357. The monoisotopic (exact) mass is 266 g/mol. The molecule has 1 aromatic carbocycles. The number of anilines is 1. The number of halogens is 1. The van der Waals surface area contributed by atoms with E-state index in [0.29, 0.717) is 19.0 Å². The molecule has 0 radical (unpaired) electrons. The van der Waals surface area contributed by atoms with Crippen LogP contribution in [0.4, 0.5) is 5.69 Å². The van der Waals surface area contributed by atoms with Gasteiger partial charge in [-0.05, 0) is 30.5 Å². The Kier molecular flexibility index (Phi) is 5.23. The average molecular weight is 267 g/mol. The van der Waals surface area contributed by atoms with Crippen molar-refractivity contribution in [3.63, 3.8) is 0 Å². The van der Waals surface area contributed by atoms with Crippen LogP contribution in [-0.4, -0.2) is 23.4 Å². The number of rotatable bonds is 5. The predicted octanol–water partition coefficient (Wildman–Crippen LogP) is 2.41. The van der Waals surface area contributed by atoms with Gasteiger partial charge in [-0.1, -0.05) is 18.2 Å². The third kappa shape index (κ3) is 3.77. The second-order valence-corrected chi connectivity index (χ2v) is 4.48. The Morgan fingerprint density at radius 3 is 2.50 bits per heavy atom. The summed E-state index contributed by atoms with van der Waals surface area (Å²) in [7, 11) is 0. The van der Waals surface area contributed by atoms with Crippen LogP contribution in [0.2, 0.25) is 0 Å². The molecule has 18 heavy (non-hydrogen) atoms. The van der Waals surface area contributed by atoms with E-state index in [1.165, 1.54) is 0 Å². The van der Waals surface area contributed by atoms with E-state index in [2.05, 4.69) is 6.58 Å². The number of carbonyl (C=O) groups is 1. The van der Waals surface area contributed by atoms with E-state index in [4.69, 9.17) is 5.73 Å². The standard InChI is InChI=1S/C14H18N2O.ClH/c1-2-9-16(13-7-8-13)14(17)10-11-3-5-12(15)6-4-11;/h2-6,13H,1,7-10,15H2;1H. The first-order valence-corrected chi connectivity index (χ1v) is 5.95. The summed E-state index contributed by atoms with van der Waals surface area (Å²) in [6, 6.07) is 7.92. The smallest absolute Gasteiger partial charge is 0.227 e. The van der Waals surface area contributed by atoms with Gasteiger partial charge in [0.15, 0.2) is 0 Å². The van der Waals surface area contributed by atoms with Crippen molar-refractivity contribution in [3.8, 4) is 0 Å². The van der Waals surface area contributed by atoms with Crippen LogP contribution < -0.4 is 5.73 Å². The zero-order valence-corrected chi connectivity index (χ0v) is 11.2. The molecule has 0 atom stereocenters. The minimum Gasteiger partial charge on any atom is -0.399 e. The van der Waals surface area contributed by atoms with Crippen molar-refractivity contribution >= 4 is 24.0 Å². The maximum Gasteiger partial charge on any atom is 0.227 e. The minimum absolute atomic E-state index is 0. The zero-order valence-electron chi connectivity index (χ0n) is 10.3. The number of hydrogen-bond donors (Lipinski definition) is 1. The Hall–Kier alpha value is -1.48. The number of nitrogens with two attached hydrogens (primary N) is 1. The second-order valence-electron chi connectivity index (χ2n) is 4.48. The van der Waals surface area contributed by atoms with Crippen molar-refractivity contribution in [2.75, 3.05) is 12.3 Å². The molecule has 0 bridgehead atoms. The van der Waals surface area contributed by atoms with Gasteiger partial charge in [-0.3, -0.25) is 4.79 Å². The molecule has 98 valence electrons. The second kappa shape index (κ2) is 6.45. The van der Waals surface area contributed by atoms with Crippen molar-refractivity contribution in [2.45, 2.75) is 25.3 Å². The average Bonchev–Trinajstić information content (AvgIpc) is 3.13. The summed E-state index contributed by atoms with van der Waals surface area (Å²) < 4.78 is 0. The predicted molar refractivity (Wildman–Crippen MR) is 76.7 cm³/mol. The molecule has 1 fully saturated rings. The molecule has 1 aliphatic rings. The fourth-order valence-corrected chi connectivity index (χ4v) is 1.89. The Bertz CT molecular complexity index is 412. The van der Waals surface area contributed by atoms with Crippen molar-refractivity contribution in [3.05, 3.63) is 42.5 Å². The molecule has 1 amide bonds. The van der Waals surface area contributed by atoms with Gasteiger partial charge in [-0.15, -0.1) is 19.0 Å². The lowest BCUT2D eigenvalue weighted by atomic mass is 10.1. The van der Waals surface area contributed by atoms with Gasteiger partial charge in [-0.25, -0.2) is 0 Å². The molecule has 1 aromatic rings. The normalized spacial score (nSPS) is 13.6. The molecule has 2 rings (SSSR count). The van der Waals surface area contributed by atoms with E-state index >= 15 is 0 Å². The molecular formula is C14H19ClN2O. The Morgan fingerprint density at radius 2 is 2.00 bits per heavy atom. The molecule has 3 nitrogen and oxygen atoms in total. The molecule has 1 aliphatic carbocycles. The van der Waals surface area contributed by atoms with Gasteiger partial charge in [-0.2, -0.15) is 0 Å². The van der Waals surface area contributed by atoms with Crippen molar-refractivity contribution in [2.24, 2.45) is 0 Å². The highest BCUT2D eigenvalue weighted by Crippen LogP contribution is 2.27. The van der Waals surface area contributed by atoms with Crippen LogP contribution >= 0.6 is 12.4 Å². The van der Waals surface area contributed by atoms with Crippen LogP contribution in [0.5, 0.6) is 0 Å². The zero-order chi connectivity index (χ0) is 12.3. The van der Waals surface area contributed by atoms with Crippen LogP contribution in [0, 0.1) is 0 Å². The summed E-state index contributed by atoms with van der Waals surface area (Å²) in [5.74, 6) is 0.178. The van der Waals surface area contributed by atoms with Crippen LogP contribution in [0.15, 0.2) is 36.9 Å². The van der Waals surface area contributed by atoms with Gasteiger partial charge in [0.2, 0.25) is 5.91 Å². The van der Waals surface area contributed by atoms with Gasteiger partial charge >= 0.3 is 0 Å². The molecule has 2 N–H and O–H groups in total. The molecule has 0 aromatic heterocycles. The van der Waals surface area contributed by atoms with Crippen LogP contribution in [0.25, 0.3) is 0 Å². The minimum atomic E-state index is 0. The van der Waals surface area contributed by atoms with Crippen LogP contribution in [-0.2, 0) is 11.2 Å². The molecule has 0 spiro atoms. The number of hydrogen-bond acceptors (Lipinski definition) is 2. The Balaban J connectivity index is 0.00000162. The third-order valence-corrected chi connectivity index (χ3v) is 2.97. The summed E-state index contributed by atoms with van der Waals surface area (Å²) in [6.07, 6.45) is 4.49. The lowest BCUT2D eigenvalue weighted by molar-refractivity contribution is -0.130. The van der Waals surface area contributed by atoms with E-state index in [9.17, 15) is 4.79 Å². The van der Waals surface area contributed by atoms with Gasteiger partial charge in [0, 0.05) is 18.3 Å². The molecule has 4 heteroatoms. The van der Waals surface area contributed by atoms with E-state index < -0.39 is 0 Å². The number of nitrogens with zero attached hydrogens (tertiary/aromatic N) is 1. The first-order valence-electron chi connectivity index (χ1n) is 5.95. The number of nitrogen functional groups attached to an aromatic ring is 1. The first-order chi connectivity index (χ1) is 8.20. The quantitative estimate of drug-likeness (QED) is 0.657. The molecule has 0 aliphatic heterocycles. The Morgan fingerprint density at radius 1 is 1.39 bits per heavy atom. The lowest BCUT2D eigenvalue weighted by Crippen LogP contribution is -2.34. The summed E-state index contributed by atoms with van der Waals surface area (Å²) in [5, 5.41) is 0. The highest BCUT2D eigenvalue weighted by atomic mass is 35.5. The highest BCUT2D eigenvalue weighted by Gasteiger charge is 2.31. The summed E-state index contributed by atoms with van der Waals surface area (Å²) in [6.45, 7) is 4.35. The molecule has 0 unspecified atom stereocenters. The molecule has 0 heterocycles. The largest absolute Gasteiger partial charge is 0.399 e. The van der Waals surface area contributed by atoms with Gasteiger partial charge in [0.1, 0.15) is 0 Å². The topological polar surface area (TPSA) is 46.3 Å². The lowest BCUT2D eigenvalue weighted by Gasteiger charge is -2.20. The van der Waals surface area contributed by atoms with E-state index in [1.807, 2.05) is 29.2 Å². The SMILES string of the molecule is C=CCN(C(=O)Cc1ccc(N)cc1)C1CC1.Cl. The van der Waals surface area contributed by atoms with Crippen molar-refractivity contribution in [1.82, 2.24) is 4.90 Å². The molecule has 0 saturated heterocycles. The van der Waals surface area contributed by atoms with Crippen molar-refractivity contribution in [1.29, 1.82) is 0 Å². The van der Waals surface area contributed by atoms with Crippen molar-refractivity contribution < 1.29 is 4.79 Å². The maximum atomic E-state index is 12.1. The maximum absolute atomic E-state index is 12.1. The summed E-state index contributed by atoms with van der Waals surface area (Å²) >= 11 is 0.